The van der Waals surface area contributed by atoms with Gasteiger partial charge in [-0.1, -0.05) is 0 Å². The van der Waals surface area contributed by atoms with Crippen molar-refractivity contribution in [2.24, 2.45) is 0 Å². The van der Waals surface area contributed by atoms with Crippen LogP contribution in [0, 0.1) is 8.78 Å². The first kappa shape index (κ1) is 13.2. The minimum atomic E-state index is -0.951. The molecule has 0 fully saturated rings. The average Bonchev–Trinajstić information content (AvgIpc) is 2.27. The maximum atomic E-state index is 10.6. The van der Waals surface area contributed by atoms with Crippen LogP contribution < -0.4 is 21.5 Å². The third-order valence-electron chi connectivity index (χ3n) is 3.27. The fourth-order valence-electron chi connectivity index (χ4n) is 2.28. The number of rotatable bonds is 3. The standard InChI is InChI=1S/C12H17IN2O2/c1-14(2)12-6-4-9-7-11(13-15(16)17)5-3-10(9)8-12/h3,5,7,12,16H,4,6,8H2,1-2H3/q-2. The fraction of sp³-hybridized carbons (Fsp3) is 0.500. The van der Waals surface area contributed by atoms with E-state index in [1.54, 1.807) is 0 Å². The average molecular weight is 348 g/mol. The second-order valence-electron chi connectivity index (χ2n) is 4.58. The molecule has 0 spiro atoms. The van der Waals surface area contributed by atoms with Gasteiger partial charge in [0.05, 0.1) is 0 Å². The normalized spacial score (nSPS) is 20.0. The summed E-state index contributed by atoms with van der Waals surface area (Å²) in [6, 6.07) is 6.81. The van der Waals surface area contributed by atoms with Gasteiger partial charge in [0.25, 0.3) is 0 Å². The molecule has 0 saturated carbocycles. The van der Waals surface area contributed by atoms with Crippen molar-refractivity contribution in [1.82, 2.24) is 8.34 Å². The summed E-state index contributed by atoms with van der Waals surface area (Å²) in [7, 11) is 4.24. The molecule has 1 unspecified atom stereocenters. The van der Waals surface area contributed by atoms with Crippen LogP contribution in [0.2, 0.25) is 0 Å². The monoisotopic (exact) mass is 348 g/mol. The van der Waals surface area contributed by atoms with Crippen molar-refractivity contribution < 1.29 is 26.7 Å². The Morgan fingerprint density at radius 2 is 2.12 bits per heavy atom. The molecule has 0 heterocycles. The van der Waals surface area contributed by atoms with Crippen molar-refractivity contribution in [1.29, 1.82) is 0 Å². The maximum absolute atomic E-state index is 10.6. The Balaban J connectivity index is 2.14. The third kappa shape index (κ3) is 3.38. The summed E-state index contributed by atoms with van der Waals surface area (Å²) in [6.07, 6.45) is 3.32. The summed E-state index contributed by atoms with van der Waals surface area (Å²) in [5.74, 6) is 0. The summed E-state index contributed by atoms with van der Waals surface area (Å²) >= 11 is -0.951. The molecule has 1 aromatic rings. The van der Waals surface area contributed by atoms with Crippen LogP contribution in [-0.2, 0) is 12.8 Å². The van der Waals surface area contributed by atoms with Crippen molar-refractivity contribution in [3.63, 3.8) is 0 Å². The van der Waals surface area contributed by atoms with E-state index >= 15 is 0 Å². The SMILES string of the molecule is CN(C)C1CCc2cc([I-]N([O-])O)ccc2C1. The van der Waals surface area contributed by atoms with Crippen LogP contribution in [0.4, 0.5) is 0 Å². The molecule has 0 bridgehead atoms. The number of fused-ring (bicyclic) bond motifs is 1. The Bertz CT molecular complexity index is 396. The summed E-state index contributed by atoms with van der Waals surface area (Å²) in [4.78, 5) is 2.27. The van der Waals surface area contributed by atoms with Crippen LogP contribution in [0.1, 0.15) is 17.5 Å². The Morgan fingerprint density at radius 1 is 1.35 bits per heavy atom. The van der Waals surface area contributed by atoms with Crippen molar-refractivity contribution in [2.75, 3.05) is 14.1 Å². The van der Waals surface area contributed by atoms with Gasteiger partial charge in [0, 0.05) is 0 Å². The Kier molecular flexibility index (Phi) is 4.37. The number of halogens is 1. The second-order valence-corrected chi connectivity index (χ2v) is 7.14. The second kappa shape index (κ2) is 5.62. The molecule has 0 aliphatic heterocycles. The Labute approximate surface area is 112 Å². The molecule has 5 heteroatoms. The van der Waals surface area contributed by atoms with E-state index in [0.29, 0.717) is 6.04 Å². The summed E-state index contributed by atoms with van der Waals surface area (Å²) in [5.41, 5.74) is 2.74. The van der Waals surface area contributed by atoms with E-state index in [4.69, 9.17) is 5.21 Å². The van der Waals surface area contributed by atoms with E-state index in [1.165, 1.54) is 17.5 Å². The fourth-order valence-corrected chi connectivity index (χ4v) is 3.61. The molecule has 0 aromatic heterocycles. The molecule has 17 heavy (non-hydrogen) atoms. The zero-order chi connectivity index (χ0) is 12.4. The number of hydrogen-bond acceptors (Lipinski definition) is 4. The van der Waals surface area contributed by atoms with Gasteiger partial charge in [-0.2, -0.15) is 0 Å². The van der Waals surface area contributed by atoms with Gasteiger partial charge in [-0.25, -0.2) is 0 Å². The van der Waals surface area contributed by atoms with E-state index in [9.17, 15) is 5.21 Å². The Hall–Kier alpha value is -0.210. The molecule has 96 valence electrons. The van der Waals surface area contributed by atoms with E-state index in [1.807, 2.05) is 6.07 Å². The molecule has 1 atom stereocenters. The first-order valence-electron chi connectivity index (χ1n) is 5.65. The number of aryl methyl sites for hydroxylation is 1. The van der Waals surface area contributed by atoms with Gasteiger partial charge in [-0.05, 0) is 0 Å². The van der Waals surface area contributed by atoms with Crippen molar-refractivity contribution in [2.45, 2.75) is 25.3 Å². The quantitative estimate of drug-likeness (QED) is 0.409. The van der Waals surface area contributed by atoms with Crippen LogP contribution in [0.25, 0.3) is 0 Å². The zero-order valence-corrected chi connectivity index (χ0v) is 12.2. The number of hydrogen-bond donors (Lipinski definition) is 1. The zero-order valence-electron chi connectivity index (χ0n) is 10.1. The number of benzene rings is 1. The van der Waals surface area contributed by atoms with Crippen LogP contribution >= 0.6 is 0 Å². The van der Waals surface area contributed by atoms with Gasteiger partial charge in [0.2, 0.25) is 0 Å². The van der Waals surface area contributed by atoms with Crippen LogP contribution in [0.15, 0.2) is 18.2 Å². The molecular formula is C12H17IN2O2-2. The van der Waals surface area contributed by atoms with Crippen LogP contribution in [0.3, 0.4) is 0 Å². The molecule has 1 aromatic carbocycles. The van der Waals surface area contributed by atoms with Crippen molar-refractivity contribution >= 4 is 0 Å². The van der Waals surface area contributed by atoms with Gasteiger partial charge >= 0.3 is 113 Å². The van der Waals surface area contributed by atoms with Crippen molar-refractivity contribution in [3.05, 3.63) is 38.1 Å². The molecule has 1 aliphatic carbocycles. The number of nitrogens with zero attached hydrogens (tertiary/aromatic N) is 2. The van der Waals surface area contributed by atoms with Crippen molar-refractivity contribution in [3.8, 4) is 0 Å². The topological polar surface area (TPSA) is 49.8 Å². The molecule has 0 amide bonds. The minimum absolute atomic E-state index is 0.0893. The van der Waals surface area contributed by atoms with Gasteiger partial charge in [-0.15, -0.1) is 0 Å². The predicted molar refractivity (Wildman–Crippen MR) is 61.6 cm³/mol. The predicted octanol–water partition coefficient (Wildman–Crippen LogP) is -1.53. The van der Waals surface area contributed by atoms with Gasteiger partial charge in [-0.3, -0.25) is 0 Å². The van der Waals surface area contributed by atoms with Crippen LogP contribution in [-0.4, -0.2) is 33.7 Å². The first-order chi connectivity index (χ1) is 8.06. The van der Waals surface area contributed by atoms with E-state index in [-0.39, 0.29) is 3.44 Å². The summed E-state index contributed by atoms with van der Waals surface area (Å²) in [5, 5.41) is 19.4. The molecule has 1 aliphatic rings. The molecule has 0 saturated heterocycles. The molecule has 1 N–H and O–H groups in total. The molecule has 2 rings (SSSR count). The van der Waals surface area contributed by atoms with Gasteiger partial charge in [0.1, 0.15) is 0 Å². The van der Waals surface area contributed by atoms with Crippen LogP contribution in [0.5, 0.6) is 0 Å². The first-order valence-corrected chi connectivity index (χ1v) is 7.70. The molecule has 4 nitrogen and oxygen atoms in total. The van der Waals surface area contributed by atoms with E-state index in [0.717, 1.165) is 16.4 Å². The molecular weight excluding hydrogens is 331 g/mol. The van der Waals surface area contributed by atoms with Gasteiger partial charge < -0.3 is 0 Å². The Morgan fingerprint density at radius 3 is 2.76 bits per heavy atom. The van der Waals surface area contributed by atoms with E-state index < -0.39 is 21.5 Å². The van der Waals surface area contributed by atoms with E-state index in [2.05, 4.69) is 31.1 Å². The molecule has 0 radical (unpaired) electrons. The van der Waals surface area contributed by atoms with Gasteiger partial charge in [0.15, 0.2) is 0 Å². The number of likely N-dealkylation sites (N-methyl/N-ethyl adjacent to an activating group) is 1. The summed E-state index contributed by atoms with van der Waals surface area (Å²) in [6.45, 7) is 0. The third-order valence-corrected chi connectivity index (χ3v) is 4.91. The summed E-state index contributed by atoms with van der Waals surface area (Å²) < 4.78 is 1.08.